The molecular formula is C22H35N7OS. The third-order valence-electron chi connectivity index (χ3n) is 6.31. The second-order valence-electron chi connectivity index (χ2n) is 8.60. The molecular weight excluding hydrogens is 410 g/mol. The number of nitrogens with zero attached hydrogens (tertiary/aromatic N) is 5. The second kappa shape index (κ2) is 10.6. The summed E-state index contributed by atoms with van der Waals surface area (Å²) < 4.78 is 7.78. The molecule has 1 saturated heterocycles. The third kappa shape index (κ3) is 5.84. The summed E-state index contributed by atoms with van der Waals surface area (Å²) in [5, 5.41) is 17.9. The van der Waals surface area contributed by atoms with Crippen molar-refractivity contribution in [2.75, 3.05) is 26.2 Å². The Morgan fingerprint density at radius 3 is 2.87 bits per heavy atom. The lowest BCUT2D eigenvalue weighted by molar-refractivity contribution is -0.0334. The molecule has 9 heteroatoms. The van der Waals surface area contributed by atoms with Crippen molar-refractivity contribution in [3.05, 3.63) is 34.0 Å². The van der Waals surface area contributed by atoms with Crippen LogP contribution in [0.4, 0.5) is 0 Å². The van der Waals surface area contributed by atoms with E-state index in [9.17, 15) is 0 Å². The van der Waals surface area contributed by atoms with Gasteiger partial charge in [-0.3, -0.25) is 4.90 Å². The molecule has 4 rings (SSSR count). The third-order valence-corrected chi connectivity index (χ3v) is 7.28. The molecule has 3 heterocycles. The molecule has 0 aromatic carbocycles. The first-order valence-electron chi connectivity index (χ1n) is 11.4. The van der Waals surface area contributed by atoms with Crippen molar-refractivity contribution in [1.29, 1.82) is 0 Å². The Morgan fingerprint density at radius 2 is 2.19 bits per heavy atom. The number of thiophene rings is 1. The summed E-state index contributed by atoms with van der Waals surface area (Å²) >= 11 is 1.82. The normalized spacial score (nSPS) is 22.0. The summed E-state index contributed by atoms with van der Waals surface area (Å²) in [6, 6.07) is 5.18. The fourth-order valence-electron chi connectivity index (χ4n) is 4.37. The van der Waals surface area contributed by atoms with Gasteiger partial charge in [-0.25, -0.2) is 4.99 Å². The minimum absolute atomic E-state index is 0.264. The Kier molecular flexibility index (Phi) is 7.58. The van der Waals surface area contributed by atoms with Crippen LogP contribution in [0, 0.1) is 6.92 Å². The maximum atomic E-state index is 5.78. The van der Waals surface area contributed by atoms with Gasteiger partial charge in [-0.1, -0.05) is 18.9 Å². The zero-order chi connectivity index (χ0) is 21.6. The zero-order valence-corrected chi connectivity index (χ0v) is 19.7. The lowest BCUT2D eigenvalue weighted by Crippen LogP contribution is -2.49. The molecule has 2 aromatic rings. The predicted octanol–water partition coefficient (Wildman–Crippen LogP) is 2.62. The number of guanidine groups is 1. The van der Waals surface area contributed by atoms with Gasteiger partial charge in [-0.2, -0.15) is 0 Å². The SMILES string of the molecule is Cc1nnc(CN=C(NCC(c2cccs2)N2CCOC(C)C2)NC2CCCC2)n1C. The number of ether oxygens (including phenoxy) is 1. The average Bonchev–Trinajstić information content (AvgIpc) is 3.52. The molecule has 1 saturated carbocycles. The number of morpholine rings is 1. The highest BCUT2D eigenvalue weighted by Gasteiger charge is 2.27. The Hall–Kier alpha value is -1.97. The van der Waals surface area contributed by atoms with E-state index < -0.39 is 0 Å². The fraction of sp³-hybridized carbons (Fsp3) is 0.682. The van der Waals surface area contributed by atoms with Gasteiger partial charge in [0.1, 0.15) is 12.4 Å². The van der Waals surface area contributed by atoms with Gasteiger partial charge >= 0.3 is 0 Å². The van der Waals surface area contributed by atoms with E-state index in [2.05, 4.69) is 50.2 Å². The van der Waals surface area contributed by atoms with Crippen molar-refractivity contribution < 1.29 is 4.74 Å². The quantitative estimate of drug-likeness (QED) is 0.504. The monoisotopic (exact) mass is 445 g/mol. The van der Waals surface area contributed by atoms with Gasteiger partial charge in [0.15, 0.2) is 11.8 Å². The van der Waals surface area contributed by atoms with E-state index in [1.807, 2.05) is 29.9 Å². The Bertz CT molecular complexity index is 844. The molecule has 0 spiro atoms. The van der Waals surface area contributed by atoms with E-state index in [4.69, 9.17) is 9.73 Å². The molecule has 1 aliphatic carbocycles. The van der Waals surface area contributed by atoms with Crippen LogP contribution in [0.1, 0.15) is 55.2 Å². The number of hydrogen-bond acceptors (Lipinski definition) is 6. The molecule has 2 N–H and O–H groups in total. The lowest BCUT2D eigenvalue weighted by atomic mass is 10.1. The van der Waals surface area contributed by atoms with Gasteiger partial charge in [0.25, 0.3) is 0 Å². The van der Waals surface area contributed by atoms with Crippen molar-refractivity contribution in [3.63, 3.8) is 0 Å². The van der Waals surface area contributed by atoms with Crippen LogP contribution in [0.5, 0.6) is 0 Å². The van der Waals surface area contributed by atoms with E-state index in [0.717, 1.165) is 43.8 Å². The van der Waals surface area contributed by atoms with Crippen LogP contribution in [0.2, 0.25) is 0 Å². The van der Waals surface area contributed by atoms with Gasteiger partial charge in [0.05, 0.1) is 18.8 Å². The van der Waals surface area contributed by atoms with Crippen molar-refractivity contribution in [3.8, 4) is 0 Å². The van der Waals surface area contributed by atoms with Crippen molar-refractivity contribution in [2.45, 2.75) is 64.3 Å². The van der Waals surface area contributed by atoms with Crippen molar-refractivity contribution >= 4 is 17.3 Å². The van der Waals surface area contributed by atoms with Crippen LogP contribution in [0.25, 0.3) is 0 Å². The molecule has 0 amide bonds. The minimum atomic E-state index is 0.264. The van der Waals surface area contributed by atoms with Crippen LogP contribution in [-0.2, 0) is 18.3 Å². The first-order valence-corrected chi connectivity index (χ1v) is 12.3. The number of aliphatic imine (C=N–C) groups is 1. The zero-order valence-electron chi connectivity index (χ0n) is 18.9. The highest BCUT2D eigenvalue weighted by molar-refractivity contribution is 7.10. The first kappa shape index (κ1) is 22.2. The van der Waals surface area contributed by atoms with E-state index in [1.165, 1.54) is 30.6 Å². The highest BCUT2D eigenvalue weighted by Crippen LogP contribution is 2.26. The summed E-state index contributed by atoms with van der Waals surface area (Å²) in [7, 11) is 1.99. The topological polar surface area (TPSA) is 79.6 Å². The highest BCUT2D eigenvalue weighted by atomic mass is 32.1. The first-order chi connectivity index (χ1) is 15.1. The van der Waals surface area contributed by atoms with Crippen LogP contribution in [0.3, 0.4) is 0 Å². The molecule has 170 valence electrons. The number of aryl methyl sites for hydroxylation is 1. The van der Waals surface area contributed by atoms with Crippen molar-refractivity contribution in [2.24, 2.45) is 12.0 Å². The minimum Gasteiger partial charge on any atom is -0.376 e. The van der Waals surface area contributed by atoms with Crippen LogP contribution in [0.15, 0.2) is 22.5 Å². The van der Waals surface area contributed by atoms with Crippen LogP contribution < -0.4 is 10.6 Å². The van der Waals surface area contributed by atoms with E-state index >= 15 is 0 Å². The van der Waals surface area contributed by atoms with Gasteiger partial charge < -0.3 is 19.9 Å². The van der Waals surface area contributed by atoms with E-state index in [-0.39, 0.29) is 6.10 Å². The molecule has 2 aliphatic rings. The van der Waals surface area contributed by atoms with E-state index in [0.29, 0.717) is 18.6 Å². The second-order valence-corrected chi connectivity index (χ2v) is 9.58. The van der Waals surface area contributed by atoms with Crippen molar-refractivity contribution in [1.82, 2.24) is 30.3 Å². The predicted molar refractivity (Wildman–Crippen MR) is 124 cm³/mol. The molecule has 31 heavy (non-hydrogen) atoms. The summed E-state index contributed by atoms with van der Waals surface area (Å²) in [4.78, 5) is 8.79. The Balaban J connectivity index is 1.47. The molecule has 1 aliphatic heterocycles. The maximum Gasteiger partial charge on any atom is 0.191 e. The van der Waals surface area contributed by atoms with Gasteiger partial charge in [0, 0.05) is 37.6 Å². The fourth-order valence-corrected chi connectivity index (χ4v) is 5.23. The summed E-state index contributed by atoms with van der Waals surface area (Å²) in [5.74, 6) is 2.65. The van der Waals surface area contributed by atoms with Gasteiger partial charge in [-0.05, 0) is 38.1 Å². The lowest BCUT2D eigenvalue weighted by Gasteiger charge is -2.37. The standard InChI is InChI=1S/C22H35N7OS/c1-16-15-29(10-11-30-16)19(20-9-6-12-31-20)13-23-22(25-18-7-4-5-8-18)24-14-21-27-26-17(2)28(21)3/h6,9,12,16,18-19H,4-5,7-8,10-11,13-15H2,1-3H3,(H2,23,24,25). The van der Waals surface area contributed by atoms with Crippen LogP contribution >= 0.6 is 11.3 Å². The van der Waals surface area contributed by atoms with Gasteiger partial charge in [0.2, 0.25) is 0 Å². The largest absolute Gasteiger partial charge is 0.376 e. The molecule has 0 radical (unpaired) electrons. The Morgan fingerprint density at radius 1 is 1.35 bits per heavy atom. The Labute approximate surface area is 189 Å². The maximum absolute atomic E-state index is 5.78. The number of rotatable bonds is 7. The number of aromatic nitrogens is 3. The van der Waals surface area contributed by atoms with E-state index in [1.54, 1.807) is 0 Å². The molecule has 2 atom stereocenters. The number of nitrogens with one attached hydrogen (secondary N) is 2. The van der Waals surface area contributed by atoms with Crippen LogP contribution in [-0.4, -0.2) is 64.0 Å². The smallest absolute Gasteiger partial charge is 0.191 e. The van der Waals surface area contributed by atoms with Gasteiger partial charge in [-0.15, -0.1) is 21.5 Å². The summed E-state index contributed by atoms with van der Waals surface area (Å²) in [6.45, 7) is 8.13. The summed E-state index contributed by atoms with van der Waals surface area (Å²) in [5.41, 5.74) is 0. The molecule has 2 fully saturated rings. The number of hydrogen-bond donors (Lipinski definition) is 2. The molecule has 2 aromatic heterocycles. The molecule has 2 unspecified atom stereocenters. The molecule has 0 bridgehead atoms. The molecule has 8 nitrogen and oxygen atoms in total. The average molecular weight is 446 g/mol. The summed E-state index contributed by atoms with van der Waals surface area (Å²) in [6.07, 6.45) is 5.26.